The predicted octanol–water partition coefficient (Wildman–Crippen LogP) is 1.37. The zero-order valence-electron chi connectivity index (χ0n) is 8.87. The molecule has 0 N–H and O–H groups in total. The second kappa shape index (κ2) is 5.06. The number of ketones is 1. The van der Waals surface area contributed by atoms with E-state index in [4.69, 9.17) is 13.3 Å². The van der Waals surface area contributed by atoms with Crippen molar-refractivity contribution in [2.24, 2.45) is 0 Å². The van der Waals surface area contributed by atoms with Gasteiger partial charge in [-0.05, 0) is 13.0 Å². The largest absolute Gasteiger partial charge is 0.653 e. The Hall–Kier alpha value is -1.18. The van der Waals surface area contributed by atoms with Gasteiger partial charge < -0.3 is 13.3 Å². The van der Waals surface area contributed by atoms with Crippen LogP contribution in [0.15, 0.2) is 12.1 Å². The second-order valence-electron chi connectivity index (χ2n) is 2.88. The maximum absolute atomic E-state index is 11.3. The van der Waals surface area contributed by atoms with E-state index in [-0.39, 0.29) is 5.78 Å². The molecule has 1 aromatic rings. The summed E-state index contributed by atoms with van der Waals surface area (Å²) in [4.78, 5) is 11.3. The molecule has 0 aliphatic carbocycles. The maximum atomic E-state index is 11.3. The van der Waals surface area contributed by atoms with Crippen LogP contribution >= 0.6 is 0 Å². The summed E-state index contributed by atoms with van der Waals surface area (Å²) in [6, 6.07) is 3.21. The van der Waals surface area contributed by atoms with Gasteiger partial charge in [0, 0.05) is 6.07 Å². The van der Waals surface area contributed by atoms with Crippen molar-refractivity contribution in [3.05, 3.63) is 17.7 Å². The molecular formula is C10H11AlO4. The summed E-state index contributed by atoms with van der Waals surface area (Å²) >= 11 is 2.10. The predicted molar refractivity (Wildman–Crippen MR) is 55.9 cm³/mol. The molecule has 5 heteroatoms. The van der Waals surface area contributed by atoms with Gasteiger partial charge in [0.15, 0.2) is 17.3 Å². The molecule has 0 aliphatic heterocycles. The van der Waals surface area contributed by atoms with Crippen molar-refractivity contribution in [2.75, 3.05) is 14.2 Å². The van der Waals surface area contributed by atoms with Gasteiger partial charge in [-0.15, -0.1) is 0 Å². The number of benzene rings is 1. The summed E-state index contributed by atoms with van der Waals surface area (Å²) in [5.74, 6) is 1.40. The summed E-state index contributed by atoms with van der Waals surface area (Å²) in [6.45, 7) is 1.47. The first-order valence-electron chi connectivity index (χ1n) is 4.27. The molecule has 0 saturated heterocycles. The normalized spacial score (nSPS) is 9.53. The van der Waals surface area contributed by atoms with Crippen LogP contribution in [0.25, 0.3) is 0 Å². The first kappa shape index (κ1) is 11.9. The van der Waals surface area contributed by atoms with Crippen LogP contribution in [0.2, 0.25) is 0 Å². The third-order valence-corrected chi connectivity index (χ3v) is 2.25. The highest BCUT2D eigenvalue weighted by Gasteiger charge is 2.13. The fourth-order valence-corrected chi connectivity index (χ4v) is 1.43. The smallest absolute Gasteiger partial charge is 0.482 e. The molecule has 0 aliphatic rings. The summed E-state index contributed by atoms with van der Waals surface area (Å²) in [5, 5.41) is 0. The molecule has 1 aromatic carbocycles. The summed E-state index contributed by atoms with van der Waals surface area (Å²) < 4.78 is 15.2. The quantitative estimate of drug-likeness (QED) is 0.570. The Bertz CT molecular complexity index is 376. The molecular weight excluding hydrogens is 211 g/mol. The van der Waals surface area contributed by atoms with E-state index in [1.807, 2.05) is 0 Å². The molecule has 0 amide bonds. The van der Waals surface area contributed by atoms with Crippen LogP contribution in [0.1, 0.15) is 17.3 Å². The van der Waals surface area contributed by atoms with Crippen molar-refractivity contribution in [3.8, 4) is 17.2 Å². The lowest BCUT2D eigenvalue weighted by atomic mass is 10.1. The van der Waals surface area contributed by atoms with Gasteiger partial charge in [0.05, 0.1) is 25.5 Å². The Morgan fingerprint density at radius 1 is 1.13 bits per heavy atom. The molecule has 0 fully saturated rings. The van der Waals surface area contributed by atoms with Gasteiger partial charge in [0.25, 0.3) is 0 Å². The molecule has 0 bridgehead atoms. The number of hydrogen-bond donors (Lipinski definition) is 0. The van der Waals surface area contributed by atoms with Crippen molar-refractivity contribution in [2.45, 2.75) is 6.92 Å². The van der Waals surface area contributed by atoms with Crippen LogP contribution in [-0.2, 0) is 0 Å². The minimum atomic E-state index is -0.0894. The van der Waals surface area contributed by atoms with Gasteiger partial charge in [0.2, 0.25) is 0 Å². The lowest BCUT2D eigenvalue weighted by Crippen LogP contribution is -2.01. The molecule has 78 valence electrons. The average molecular weight is 222 g/mol. The van der Waals surface area contributed by atoms with Crippen molar-refractivity contribution in [1.29, 1.82) is 0 Å². The lowest BCUT2D eigenvalue weighted by Gasteiger charge is -2.13. The van der Waals surface area contributed by atoms with Crippen LogP contribution in [0.5, 0.6) is 17.2 Å². The fourth-order valence-electron chi connectivity index (χ4n) is 1.23. The molecule has 2 radical (unpaired) electrons. The van der Waals surface area contributed by atoms with Gasteiger partial charge in [-0.3, -0.25) is 4.79 Å². The van der Waals surface area contributed by atoms with Crippen molar-refractivity contribution in [3.63, 3.8) is 0 Å². The average Bonchev–Trinajstić information content (AvgIpc) is 2.26. The summed E-state index contributed by atoms with van der Waals surface area (Å²) in [6.07, 6.45) is 0. The van der Waals surface area contributed by atoms with E-state index in [2.05, 4.69) is 16.6 Å². The minimum Gasteiger partial charge on any atom is -0.653 e. The Kier molecular flexibility index (Phi) is 4.01. The third-order valence-electron chi connectivity index (χ3n) is 1.99. The van der Waals surface area contributed by atoms with E-state index in [0.717, 1.165) is 0 Å². The number of rotatable bonds is 4. The molecule has 0 heterocycles. The van der Waals surface area contributed by atoms with E-state index < -0.39 is 0 Å². The van der Waals surface area contributed by atoms with E-state index in [1.54, 1.807) is 12.1 Å². The Morgan fingerprint density at radius 2 is 1.67 bits per heavy atom. The van der Waals surface area contributed by atoms with Crippen LogP contribution in [0.4, 0.5) is 0 Å². The van der Waals surface area contributed by atoms with Gasteiger partial charge in [-0.2, -0.15) is 0 Å². The van der Waals surface area contributed by atoms with Crippen molar-refractivity contribution >= 4 is 22.4 Å². The summed E-state index contributed by atoms with van der Waals surface area (Å²) in [7, 11) is 3.04. The number of Topliss-reactive ketones (excluding diaryl/α,β-unsaturated/α-hetero) is 1. The van der Waals surface area contributed by atoms with Gasteiger partial charge in [-0.1, -0.05) is 0 Å². The highest BCUT2D eigenvalue weighted by Crippen LogP contribution is 2.34. The van der Waals surface area contributed by atoms with Crippen molar-refractivity contribution < 1.29 is 18.1 Å². The zero-order valence-corrected chi connectivity index (χ0v) is 10.0. The third kappa shape index (κ3) is 2.44. The van der Waals surface area contributed by atoms with E-state index in [9.17, 15) is 4.79 Å². The van der Waals surface area contributed by atoms with Gasteiger partial charge in [0.1, 0.15) is 0 Å². The Balaban J connectivity index is 3.34. The van der Waals surface area contributed by atoms with Crippen LogP contribution in [-0.4, -0.2) is 36.6 Å². The number of methoxy groups -OCH3 is 2. The highest BCUT2D eigenvalue weighted by atomic mass is 27.1. The van der Waals surface area contributed by atoms with Crippen LogP contribution < -0.4 is 13.3 Å². The molecule has 15 heavy (non-hydrogen) atoms. The van der Waals surface area contributed by atoms with Crippen molar-refractivity contribution in [1.82, 2.24) is 0 Å². The standard InChI is InChI=1S/C10H12O4.Al/c1-6(11)7-4-9(13-2)10(14-3)5-8(7)12;/h4-5,12H,1-3H3;/q;+1/p-1. The molecule has 0 aromatic heterocycles. The number of carbonyl (C=O) groups is 1. The number of ether oxygens (including phenoxy) is 2. The molecule has 0 saturated carbocycles. The van der Waals surface area contributed by atoms with Gasteiger partial charge in [-0.25, -0.2) is 0 Å². The number of hydrogen-bond acceptors (Lipinski definition) is 4. The first-order chi connectivity index (χ1) is 7.13. The monoisotopic (exact) mass is 222 g/mol. The number of carbonyl (C=O) groups excluding carboxylic acids is 1. The maximum Gasteiger partial charge on any atom is 0.482 e. The van der Waals surface area contributed by atoms with Crippen LogP contribution in [0, 0.1) is 0 Å². The lowest BCUT2D eigenvalue weighted by molar-refractivity contribution is 0.101. The molecule has 4 nitrogen and oxygen atoms in total. The SMILES string of the molecule is COc1cc([O][Al])c(C(C)=O)cc1OC. The zero-order chi connectivity index (χ0) is 11.4. The highest BCUT2D eigenvalue weighted by molar-refractivity contribution is 6.03. The van der Waals surface area contributed by atoms with Crippen LogP contribution in [0.3, 0.4) is 0 Å². The first-order valence-corrected chi connectivity index (χ1v) is 4.74. The second-order valence-corrected chi connectivity index (χ2v) is 3.11. The molecule has 1 rings (SSSR count). The van der Waals surface area contributed by atoms with Gasteiger partial charge >= 0.3 is 16.6 Å². The Labute approximate surface area is 96.9 Å². The topological polar surface area (TPSA) is 44.8 Å². The van der Waals surface area contributed by atoms with E-state index in [0.29, 0.717) is 22.8 Å². The minimum absolute atomic E-state index is 0.0894. The molecule has 0 unspecified atom stereocenters. The molecule has 0 spiro atoms. The van der Waals surface area contributed by atoms with E-state index in [1.165, 1.54) is 21.1 Å². The fraction of sp³-hybridized carbons (Fsp3) is 0.300. The molecule has 0 atom stereocenters. The summed E-state index contributed by atoms with van der Waals surface area (Å²) in [5.41, 5.74) is 0.461. The van der Waals surface area contributed by atoms with E-state index >= 15 is 0 Å². The Morgan fingerprint density at radius 3 is 2.07 bits per heavy atom.